The molecule has 0 bridgehead atoms. The molecular formula is C26H27F2N3O3. The molecule has 0 aliphatic rings. The van der Waals surface area contributed by atoms with Crippen molar-refractivity contribution in [2.75, 3.05) is 6.61 Å². The third kappa shape index (κ3) is 6.02. The molecule has 6 nitrogen and oxygen atoms in total. The van der Waals surface area contributed by atoms with Crippen molar-refractivity contribution < 1.29 is 23.9 Å². The number of halogens is 2. The number of benzene rings is 2. The minimum atomic E-state index is -0.787. The monoisotopic (exact) mass is 467 g/mol. The lowest BCUT2D eigenvalue weighted by Gasteiger charge is -2.24. The van der Waals surface area contributed by atoms with Crippen molar-refractivity contribution in [2.24, 2.45) is 5.16 Å². The molecular weight excluding hydrogens is 440 g/mol. The number of hydrogen-bond donors (Lipinski definition) is 3. The van der Waals surface area contributed by atoms with Crippen molar-refractivity contribution >= 4 is 11.6 Å². The van der Waals surface area contributed by atoms with Crippen LogP contribution >= 0.6 is 0 Å². The standard InChI is InChI=1S/C26H27F2N3O3/c1-16-12-19(10-11-29-16)24(31-34)14-22(21-9-8-20(27)13-23(21)28)17-4-6-18(7-5-17)25(33)30-26(2,3)15-32/h4-13,22,32,34H,14-15H2,1-3H3,(H,30,33). The molecule has 3 rings (SSSR count). The van der Waals surface area contributed by atoms with Gasteiger partial charge in [-0.05, 0) is 62.2 Å². The van der Waals surface area contributed by atoms with Crippen molar-refractivity contribution in [1.82, 2.24) is 10.3 Å². The van der Waals surface area contributed by atoms with E-state index in [1.54, 1.807) is 63.4 Å². The predicted octanol–water partition coefficient (Wildman–Crippen LogP) is 4.57. The topological polar surface area (TPSA) is 94.8 Å². The van der Waals surface area contributed by atoms with Gasteiger partial charge in [0.25, 0.3) is 5.91 Å². The fourth-order valence-electron chi connectivity index (χ4n) is 3.61. The van der Waals surface area contributed by atoms with Crippen LogP contribution < -0.4 is 5.32 Å². The van der Waals surface area contributed by atoms with Gasteiger partial charge < -0.3 is 15.6 Å². The molecule has 1 atom stereocenters. The van der Waals surface area contributed by atoms with Crippen LogP contribution in [0.2, 0.25) is 0 Å². The van der Waals surface area contributed by atoms with Gasteiger partial charge >= 0.3 is 0 Å². The second kappa shape index (κ2) is 10.5. The van der Waals surface area contributed by atoms with Crippen LogP contribution in [0.5, 0.6) is 0 Å². The van der Waals surface area contributed by atoms with Gasteiger partial charge in [0.2, 0.25) is 0 Å². The van der Waals surface area contributed by atoms with E-state index in [1.807, 2.05) is 0 Å². The average molecular weight is 468 g/mol. The Hall–Kier alpha value is -3.65. The maximum absolute atomic E-state index is 14.8. The first kappa shape index (κ1) is 25.0. The van der Waals surface area contributed by atoms with Gasteiger partial charge in [-0.1, -0.05) is 23.4 Å². The summed E-state index contributed by atoms with van der Waals surface area (Å²) in [6, 6.07) is 13.4. The zero-order chi connectivity index (χ0) is 24.9. The number of oxime groups is 1. The zero-order valence-corrected chi connectivity index (χ0v) is 19.2. The quantitative estimate of drug-likeness (QED) is 0.257. The SMILES string of the molecule is Cc1cc(C(CC(c2ccc(C(=O)NC(C)(C)CO)cc2)c2ccc(F)cc2F)=NO)ccn1. The van der Waals surface area contributed by atoms with Gasteiger partial charge in [0.1, 0.15) is 11.6 Å². The molecule has 0 saturated carbocycles. The van der Waals surface area contributed by atoms with Crippen molar-refractivity contribution in [3.05, 3.63) is 100 Å². The van der Waals surface area contributed by atoms with E-state index in [0.29, 0.717) is 22.4 Å². The Morgan fingerprint density at radius 1 is 1.09 bits per heavy atom. The molecule has 34 heavy (non-hydrogen) atoms. The van der Waals surface area contributed by atoms with Crippen LogP contribution in [-0.2, 0) is 0 Å². The second-order valence-electron chi connectivity index (χ2n) is 8.77. The van der Waals surface area contributed by atoms with Crippen molar-refractivity contribution in [3.63, 3.8) is 0 Å². The summed E-state index contributed by atoms with van der Waals surface area (Å²) in [5, 5.41) is 25.3. The van der Waals surface area contributed by atoms with Crippen LogP contribution in [0.25, 0.3) is 0 Å². The number of rotatable bonds is 8. The Labute approximate surface area is 197 Å². The van der Waals surface area contributed by atoms with E-state index in [4.69, 9.17) is 0 Å². The van der Waals surface area contributed by atoms with E-state index in [1.165, 1.54) is 12.1 Å². The van der Waals surface area contributed by atoms with Crippen LogP contribution in [-0.4, -0.2) is 39.1 Å². The van der Waals surface area contributed by atoms with Crippen LogP contribution in [0.1, 0.15) is 58.9 Å². The minimum absolute atomic E-state index is 0.117. The third-order valence-corrected chi connectivity index (χ3v) is 5.51. The molecule has 0 radical (unpaired) electrons. The summed E-state index contributed by atoms with van der Waals surface area (Å²) in [5.74, 6) is -2.40. The van der Waals surface area contributed by atoms with Gasteiger partial charge in [0.05, 0.1) is 17.9 Å². The molecule has 0 fully saturated rings. The molecule has 8 heteroatoms. The predicted molar refractivity (Wildman–Crippen MR) is 125 cm³/mol. The Balaban J connectivity index is 1.98. The highest BCUT2D eigenvalue weighted by Crippen LogP contribution is 2.32. The first-order chi connectivity index (χ1) is 16.1. The summed E-state index contributed by atoms with van der Waals surface area (Å²) >= 11 is 0. The maximum atomic E-state index is 14.8. The van der Waals surface area contributed by atoms with Gasteiger partial charge in [0, 0.05) is 41.4 Å². The number of amides is 1. The van der Waals surface area contributed by atoms with Gasteiger partial charge in [-0.15, -0.1) is 0 Å². The number of aliphatic hydroxyl groups excluding tert-OH is 1. The molecule has 0 spiro atoms. The lowest BCUT2D eigenvalue weighted by molar-refractivity contribution is 0.0869. The number of nitrogens with zero attached hydrogens (tertiary/aromatic N) is 2. The number of aryl methyl sites for hydroxylation is 1. The van der Waals surface area contributed by atoms with Crippen LogP contribution in [0, 0.1) is 18.6 Å². The lowest BCUT2D eigenvalue weighted by Crippen LogP contribution is -2.46. The van der Waals surface area contributed by atoms with Gasteiger partial charge in [-0.2, -0.15) is 0 Å². The van der Waals surface area contributed by atoms with E-state index in [-0.39, 0.29) is 24.5 Å². The first-order valence-electron chi connectivity index (χ1n) is 10.8. The Bertz CT molecular complexity index is 1190. The summed E-state index contributed by atoms with van der Waals surface area (Å²) in [6.07, 6.45) is 1.70. The van der Waals surface area contributed by atoms with Crippen LogP contribution in [0.3, 0.4) is 0 Å². The summed E-state index contributed by atoms with van der Waals surface area (Å²) in [6.45, 7) is 4.98. The summed E-state index contributed by atoms with van der Waals surface area (Å²) in [4.78, 5) is 16.7. The second-order valence-corrected chi connectivity index (χ2v) is 8.77. The van der Waals surface area contributed by atoms with Crippen LogP contribution in [0.15, 0.2) is 65.9 Å². The molecule has 1 heterocycles. The zero-order valence-electron chi connectivity index (χ0n) is 19.2. The number of pyridine rings is 1. The molecule has 1 unspecified atom stereocenters. The Morgan fingerprint density at radius 3 is 2.38 bits per heavy atom. The summed E-state index contributed by atoms with van der Waals surface area (Å²) < 4.78 is 28.4. The highest BCUT2D eigenvalue weighted by atomic mass is 19.1. The smallest absolute Gasteiger partial charge is 0.251 e. The molecule has 1 aromatic heterocycles. The highest BCUT2D eigenvalue weighted by Gasteiger charge is 2.24. The molecule has 3 aromatic rings. The molecule has 0 saturated heterocycles. The van der Waals surface area contributed by atoms with E-state index < -0.39 is 23.1 Å². The summed E-state index contributed by atoms with van der Waals surface area (Å²) in [7, 11) is 0. The van der Waals surface area contributed by atoms with Crippen LogP contribution in [0.4, 0.5) is 8.78 Å². The number of carbonyl (C=O) groups excluding carboxylic acids is 1. The number of aromatic nitrogens is 1. The number of nitrogens with one attached hydrogen (secondary N) is 1. The first-order valence-corrected chi connectivity index (χ1v) is 10.8. The molecule has 0 aliphatic carbocycles. The maximum Gasteiger partial charge on any atom is 0.251 e. The summed E-state index contributed by atoms with van der Waals surface area (Å²) in [5.41, 5.74) is 2.12. The van der Waals surface area contributed by atoms with E-state index in [9.17, 15) is 23.9 Å². The van der Waals surface area contributed by atoms with E-state index >= 15 is 0 Å². The molecule has 178 valence electrons. The average Bonchev–Trinajstić information content (AvgIpc) is 2.80. The Morgan fingerprint density at radius 2 is 1.79 bits per heavy atom. The fourth-order valence-corrected chi connectivity index (χ4v) is 3.61. The van der Waals surface area contributed by atoms with E-state index in [0.717, 1.165) is 11.8 Å². The van der Waals surface area contributed by atoms with Gasteiger partial charge in [0.15, 0.2) is 0 Å². The normalized spacial score (nSPS) is 12.9. The molecule has 1 amide bonds. The van der Waals surface area contributed by atoms with E-state index in [2.05, 4.69) is 15.5 Å². The Kier molecular flexibility index (Phi) is 7.73. The number of hydrogen-bond acceptors (Lipinski definition) is 5. The lowest BCUT2D eigenvalue weighted by atomic mass is 9.84. The van der Waals surface area contributed by atoms with Gasteiger partial charge in [-0.3, -0.25) is 9.78 Å². The molecule has 0 aliphatic heterocycles. The number of carbonyl (C=O) groups is 1. The molecule has 3 N–H and O–H groups in total. The van der Waals surface area contributed by atoms with Crippen molar-refractivity contribution in [3.8, 4) is 0 Å². The van der Waals surface area contributed by atoms with Crippen molar-refractivity contribution in [1.29, 1.82) is 0 Å². The molecule has 2 aromatic carbocycles. The third-order valence-electron chi connectivity index (χ3n) is 5.51. The number of aliphatic hydroxyl groups is 1. The highest BCUT2D eigenvalue weighted by molar-refractivity contribution is 6.01. The minimum Gasteiger partial charge on any atom is -0.411 e. The van der Waals surface area contributed by atoms with Gasteiger partial charge in [-0.25, -0.2) is 8.78 Å². The fraction of sp³-hybridized carbons (Fsp3) is 0.269. The largest absolute Gasteiger partial charge is 0.411 e. The van der Waals surface area contributed by atoms with Crippen molar-refractivity contribution in [2.45, 2.75) is 38.6 Å².